The first-order valence-electron chi connectivity index (χ1n) is 8.27. The molecule has 25 heavy (non-hydrogen) atoms. The van der Waals surface area contributed by atoms with Gasteiger partial charge in [-0.25, -0.2) is 0 Å². The standard InChI is InChI=1S/C18H19N3O4/c1-10-16(22)21-12(17(23)20(10)3)7-18(2,8-19)15(21)11-4-5-13-14(6-11)25-9-24-13/h4-6,10,12,15H,7,9H2,1-3H3/t10-,12?,15+,18-/m0/s1. The second-order valence-corrected chi connectivity index (χ2v) is 7.14. The fraction of sp³-hybridized carbons (Fsp3) is 0.500. The van der Waals surface area contributed by atoms with Gasteiger partial charge in [-0.3, -0.25) is 9.59 Å². The van der Waals surface area contributed by atoms with Crippen LogP contribution in [-0.4, -0.2) is 47.5 Å². The van der Waals surface area contributed by atoms with E-state index in [0.717, 1.165) is 5.56 Å². The van der Waals surface area contributed by atoms with E-state index >= 15 is 0 Å². The van der Waals surface area contributed by atoms with Gasteiger partial charge in [0.1, 0.15) is 12.1 Å². The summed E-state index contributed by atoms with van der Waals surface area (Å²) in [5.74, 6) is 0.999. The maximum atomic E-state index is 13.0. The van der Waals surface area contributed by atoms with Crippen LogP contribution >= 0.6 is 0 Å². The zero-order valence-corrected chi connectivity index (χ0v) is 14.4. The summed E-state index contributed by atoms with van der Waals surface area (Å²) in [4.78, 5) is 28.7. The lowest BCUT2D eigenvalue weighted by Gasteiger charge is -2.42. The Balaban J connectivity index is 1.83. The van der Waals surface area contributed by atoms with E-state index in [1.807, 2.05) is 19.1 Å². The molecule has 3 heterocycles. The molecule has 3 aliphatic heterocycles. The number of piperazine rings is 1. The lowest BCUT2D eigenvalue weighted by atomic mass is 9.79. The molecule has 2 amide bonds. The van der Waals surface area contributed by atoms with Gasteiger partial charge in [-0.05, 0) is 38.0 Å². The van der Waals surface area contributed by atoms with Crippen molar-refractivity contribution < 1.29 is 19.1 Å². The van der Waals surface area contributed by atoms with Crippen molar-refractivity contribution in [1.82, 2.24) is 9.80 Å². The minimum atomic E-state index is -0.853. The van der Waals surface area contributed by atoms with Crippen molar-refractivity contribution in [3.63, 3.8) is 0 Å². The summed E-state index contributed by atoms with van der Waals surface area (Å²) in [7, 11) is 1.64. The molecule has 1 aromatic rings. The van der Waals surface area contributed by atoms with Gasteiger partial charge in [0.05, 0.1) is 17.5 Å². The normalized spacial score (nSPS) is 33.4. The van der Waals surface area contributed by atoms with E-state index in [1.54, 1.807) is 24.9 Å². The maximum absolute atomic E-state index is 13.0. The van der Waals surface area contributed by atoms with Crippen LogP contribution < -0.4 is 9.47 Å². The zero-order chi connectivity index (χ0) is 17.9. The van der Waals surface area contributed by atoms with Gasteiger partial charge in [0.25, 0.3) is 0 Å². The third-order valence-corrected chi connectivity index (χ3v) is 5.63. The average Bonchev–Trinajstić information content (AvgIpc) is 3.20. The van der Waals surface area contributed by atoms with Gasteiger partial charge in [-0.2, -0.15) is 5.26 Å². The number of rotatable bonds is 1. The molecule has 2 fully saturated rings. The van der Waals surface area contributed by atoms with Crippen molar-refractivity contribution in [3.05, 3.63) is 23.8 Å². The third kappa shape index (κ3) is 2.03. The molecular weight excluding hydrogens is 322 g/mol. The van der Waals surface area contributed by atoms with Crippen LogP contribution in [0.25, 0.3) is 0 Å². The molecule has 2 saturated heterocycles. The Labute approximate surface area is 145 Å². The Kier molecular flexibility index (Phi) is 3.23. The predicted molar refractivity (Wildman–Crippen MR) is 86.5 cm³/mol. The molecule has 1 unspecified atom stereocenters. The number of ether oxygens (including phenoxy) is 2. The summed E-state index contributed by atoms with van der Waals surface area (Å²) in [6.45, 7) is 3.69. The number of fused-ring (bicyclic) bond motifs is 2. The van der Waals surface area contributed by atoms with E-state index < -0.39 is 23.5 Å². The van der Waals surface area contributed by atoms with Gasteiger partial charge in [-0.15, -0.1) is 0 Å². The van der Waals surface area contributed by atoms with Crippen LogP contribution in [0.1, 0.15) is 31.9 Å². The molecule has 0 N–H and O–H groups in total. The van der Waals surface area contributed by atoms with Crippen molar-refractivity contribution in [2.75, 3.05) is 13.8 Å². The molecule has 7 nitrogen and oxygen atoms in total. The number of amides is 2. The molecule has 7 heteroatoms. The molecule has 3 aliphatic rings. The van der Waals surface area contributed by atoms with Crippen LogP contribution in [0, 0.1) is 16.7 Å². The number of nitrogens with zero attached hydrogens (tertiary/aromatic N) is 3. The third-order valence-electron chi connectivity index (χ3n) is 5.63. The molecule has 0 aliphatic carbocycles. The van der Waals surface area contributed by atoms with Crippen LogP contribution in [0.3, 0.4) is 0 Å². The van der Waals surface area contributed by atoms with Gasteiger partial charge < -0.3 is 19.3 Å². The fourth-order valence-electron chi connectivity index (χ4n) is 4.11. The molecule has 0 saturated carbocycles. The highest BCUT2D eigenvalue weighted by Crippen LogP contribution is 2.52. The minimum Gasteiger partial charge on any atom is -0.454 e. The van der Waals surface area contributed by atoms with E-state index in [-0.39, 0.29) is 18.6 Å². The molecule has 0 radical (unpaired) electrons. The van der Waals surface area contributed by atoms with Crippen LogP contribution in [-0.2, 0) is 9.59 Å². The van der Waals surface area contributed by atoms with E-state index in [0.29, 0.717) is 17.9 Å². The minimum absolute atomic E-state index is 0.114. The van der Waals surface area contributed by atoms with E-state index in [2.05, 4.69) is 6.07 Å². The lowest BCUT2D eigenvalue weighted by molar-refractivity contribution is -0.159. The molecule has 0 spiro atoms. The van der Waals surface area contributed by atoms with E-state index in [1.165, 1.54) is 4.90 Å². The number of carbonyl (C=O) groups is 2. The van der Waals surface area contributed by atoms with Gasteiger partial charge in [0, 0.05) is 7.05 Å². The Morgan fingerprint density at radius 3 is 2.68 bits per heavy atom. The SMILES string of the molecule is C[C@H]1C(=O)N2C(C[C@@](C)(C#N)[C@H]2c2ccc3c(c2)OCO3)C(=O)N1C. The van der Waals surface area contributed by atoms with Crippen LogP contribution in [0.5, 0.6) is 11.5 Å². The van der Waals surface area contributed by atoms with Crippen molar-refractivity contribution in [3.8, 4) is 17.6 Å². The topological polar surface area (TPSA) is 82.9 Å². The number of benzene rings is 1. The molecular formula is C18H19N3O4. The summed E-state index contributed by atoms with van der Waals surface area (Å²) in [6, 6.07) is 6.15. The van der Waals surface area contributed by atoms with Crippen molar-refractivity contribution in [1.29, 1.82) is 5.26 Å². The molecule has 0 aromatic heterocycles. The number of hydrogen-bond acceptors (Lipinski definition) is 5. The van der Waals surface area contributed by atoms with Gasteiger partial charge in [-0.1, -0.05) is 6.07 Å². The Bertz CT molecular complexity index is 817. The van der Waals surface area contributed by atoms with Crippen LogP contribution in [0.2, 0.25) is 0 Å². The molecule has 1 aromatic carbocycles. The molecule has 4 atom stereocenters. The quantitative estimate of drug-likeness (QED) is 0.772. The average molecular weight is 341 g/mol. The van der Waals surface area contributed by atoms with Crippen LogP contribution in [0.4, 0.5) is 0 Å². The Morgan fingerprint density at radius 2 is 1.96 bits per heavy atom. The highest BCUT2D eigenvalue weighted by Gasteiger charge is 2.58. The fourth-order valence-corrected chi connectivity index (χ4v) is 4.11. The van der Waals surface area contributed by atoms with Gasteiger partial charge >= 0.3 is 0 Å². The highest BCUT2D eigenvalue weighted by molar-refractivity contribution is 5.97. The Hall–Kier alpha value is -2.75. The summed E-state index contributed by atoms with van der Waals surface area (Å²) in [6.07, 6.45) is 0.324. The van der Waals surface area contributed by atoms with Crippen LogP contribution in [0.15, 0.2) is 18.2 Å². The first-order chi connectivity index (χ1) is 11.9. The number of likely N-dealkylation sites (N-methyl/N-ethyl adjacent to an activating group) is 1. The number of nitriles is 1. The van der Waals surface area contributed by atoms with E-state index in [4.69, 9.17) is 9.47 Å². The first-order valence-corrected chi connectivity index (χ1v) is 8.27. The predicted octanol–water partition coefficient (Wildman–Crippen LogP) is 1.45. The number of carbonyl (C=O) groups excluding carboxylic acids is 2. The second kappa shape index (κ2) is 5.12. The maximum Gasteiger partial charge on any atom is 0.246 e. The van der Waals surface area contributed by atoms with Gasteiger partial charge in [0.15, 0.2) is 11.5 Å². The summed E-state index contributed by atoms with van der Waals surface area (Å²) >= 11 is 0. The van der Waals surface area contributed by atoms with Gasteiger partial charge in [0.2, 0.25) is 18.6 Å². The monoisotopic (exact) mass is 341 g/mol. The lowest BCUT2D eigenvalue weighted by Crippen LogP contribution is -2.60. The van der Waals surface area contributed by atoms with E-state index in [9.17, 15) is 14.9 Å². The molecule has 130 valence electrons. The smallest absolute Gasteiger partial charge is 0.246 e. The van der Waals surface area contributed by atoms with Crippen molar-refractivity contribution in [2.45, 2.75) is 38.4 Å². The highest BCUT2D eigenvalue weighted by atomic mass is 16.7. The largest absolute Gasteiger partial charge is 0.454 e. The van der Waals surface area contributed by atoms with Crippen molar-refractivity contribution in [2.24, 2.45) is 5.41 Å². The molecule has 4 rings (SSSR count). The van der Waals surface area contributed by atoms with Crippen molar-refractivity contribution >= 4 is 11.8 Å². The summed E-state index contributed by atoms with van der Waals surface area (Å²) in [5, 5.41) is 9.83. The first kappa shape index (κ1) is 15.8. The summed E-state index contributed by atoms with van der Waals surface area (Å²) in [5.41, 5.74) is -0.0668. The summed E-state index contributed by atoms with van der Waals surface area (Å²) < 4.78 is 10.8. The molecule has 0 bridgehead atoms. The Morgan fingerprint density at radius 1 is 1.24 bits per heavy atom. The zero-order valence-electron chi connectivity index (χ0n) is 14.4. The second-order valence-electron chi connectivity index (χ2n) is 7.14. The number of hydrogen-bond donors (Lipinski definition) is 0.